The highest BCUT2D eigenvalue weighted by Crippen LogP contribution is 2.24. The van der Waals surface area contributed by atoms with Gasteiger partial charge in [-0.2, -0.15) is 10.2 Å². The fraction of sp³-hybridized carbons (Fsp3) is 0.273. The topological polar surface area (TPSA) is 194 Å². The van der Waals surface area contributed by atoms with Crippen molar-refractivity contribution in [3.8, 4) is 0 Å². The van der Waals surface area contributed by atoms with E-state index < -0.39 is 24.0 Å². The summed E-state index contributed by atoms with van der Waals surface area (Å²) in [4.78, 5) is 58.3. The molecule has 2 aromatic carbocycles. The lowest BCUT2D eigenvalue weighted by Crippen LogP contribution is -2.21. The van der Waals surface area contributed by atoms with Gasteiger partial charge in [0.05, 0.1) is 23.8 Å². The minimum atomic E-state index is -1.03. The van der Waals surface area contributed by atoms with Crippen molar-refractivity contribution in [1.29, 1.82) is 0 Å². The van der Waals surface area contributed by atoms with E-state index in [1.807, 2.05) is 62.9 Å². The fourth-order valence-corrected chi connectivity index (χ4v) is 6.20. The number of carbonyl (C=O) groups excluding carboxylic acids is 4. The Hall–Kier alpha value is -6.64. The number of pyridine rings is 2. The third-order valence-corrected chi connectivity index (χ3v) is 9.30. The van der Waals surface area contributed by atoms with Crippen LogP contribution in [0.25, 0.3) is 0 Å². The summed E-state index contributed by atoms with van der Waals surface area (Å²) in [6, 6.07) is 24.1. The molecule has 4 aromatic heterocycles. The third kappa shape index (κ3) is 11.7. The molecule has 300 valence electrons. The van der Waals surface area contributed by atoms with Gasteiger partial charge < -0.3 is 20.8 Å². The average molecular weight is 785 g/mol. The number of hydrogen-bond donors (Lipinski definition) is 4. The van der Waals surface area contributed by atoms with Gasteiger partial charge in [-0.15, -0.1) is 0 Å². The lowest BCUT2D eigenvalue weighted by molar-refractivity contribution is 0.0946. The molecule has 0 saturated heterocycles. The van der Waals surface area contributed by atoms with E-state index in [1.54, 1.807) is 58.2 Å². The molecular weight excluding hydrogens is 737 g/mol. The number of aryl methyl sites for hydroxylation is 4. The Kier molecular flexibility index (Phi) is 15.0. The van der Waals surface area contributed by atoms with E-state index in [1.165, 1.54) is 26.2 Å². The molecule has 6 aromatic rings. The van der Waals surface area contributed by atoms with Gasteiger partial charge in [-0.25, -0.2) is 9.97 Å². The maximum Gasteiger partial charge on any atom is 0.269 e. The van der Waals surface area contributed by atoms with Crippen LogP contribution in [0.5, 0.6) is 0 Å². The van der Waals surface area contributed by atoms with Crippen LogP contribution in [0.2, 0.25) is 0 Å². The molecule has 0 unspecified atom stereocenters. The molecule has 0 spiro atoms. The highest BCUT2D eigenvalue weighted by atomic mass is 16.3. The number of aromatic nitrogens is 6. The first-order valence-corrected chi connectivity index (χ1v) is 18.9. The first kappa shape index (κ1) is 42.5. The molecule has 0 saturated carbocycles. The van der Waals surface area contributed by atoms with E-state index in [4.69, 9.17) is 0 Å². The van der Waals surface area contributed by atoms with Crippen LogP contribution in [0.4, 0.5) is 0 Å². The normalized spacial score (nSPS) is 11.8. The minimum Gasteiger partial charge on any atom is -0.382 e. The molecule has 2 atom stereocenters. The van der Waals surface area contributed by atoms with Crippen molar-refractivity contribution in [2.45, 2.75) is 50.7 Å². The van der Waals surface area contributed by atoms with E-state index in [2.05, 4.69) is 30.8 Å². The van der Waals surface area contributed by atoms with Crippen molar-refractivity contribution in [3.05, 3.63) is 166 Å². The van der Waals surface area contributed by atoms with Crippen LogP contribution in [0.3, 0.4) is 0 Å². The molecule has 4 N–H and O–H groups in total. The molecule has 0 bridgehead atoms. The van der Waals surface area contributed by atoms with Crippen molar-refractivity contribution in [2.24, 2.45) is 14.1 Å². The van der Waals surface area contributed by atoms with E-state index in [-0.39, 0.29) is 34.3 Å². The smallest absolute Gasteiger partial charge is 0.269 e. The monoisotopic (exact) mass is 784 g/mol. The zero-order valence-corrected chi connectivity index (χ0v) is 33.0. The number of carbonyl (C=O) groups is 4. The molecule has 0 fully saturated rings. The molecule has 14 heteroatoms. The van der Waals surface area contributed by atoms with Gasteiger partial charge >= 0.3 is 0 Å². The maximum atomic E-state index is 12.8. The van der Waals surface area contributed by atoms with Crippen molar-refractivity contribution >= 4 is 23.4 Å². The lowest BCUT2D eigenvalue weighted by atomic mass is 9.99. The Morgan fingerprint density at radius 3 is 1.31 bits per heavy atom. The number of amides is 2. The number of aliphatic hydroxyl groups excluding tert-OH is 2. The highest BCUT2D eigenvalue weighted by Gasteiger charge is 2.21. The van der Waals surface area contributed by atoms with Gasteiger partial charge in [-0.1, -0.05) is 60.7 Å². The largest absolute Gasteiger partial charge is 0.382 e. The number of ketones is 2. The van der Waals surface area contributed by atoms with Gasteiger partial charge in [-0.3, -0.25) is 28.5 Å². The van der Waals surface area contributed by atoms with Gasteiger partial charge in [0.1, 0.15) is 23.6 Å². The Bertz CT molecular complexity index is 2160. The zero-order chi connectivity index (χ0) is 41.6. The second-order valence-electron chi connectivity index (χ2n) is 13.7. The Morgan fingerprint density at radius 2 is 0.983 bits per heavy atom. The summed E-state index contributed by atoms with van der Waals surface area (Å²) >= 11 is 0. The maximum absolute atomic E-state index is 12.8. The summed E-state index contributed by atoms with van der Waals surface area (Å²) in [5.41, 5.74) is 4.92. The van der Waals surface area contributed by atoms with Gasteiger partial charge in [0.25, 0.3) is 11.8 Å². The summed E-state index contributed by atoms with van der Waals surface area (Å²) in [6.45, 7) is 0. The Labute approximate surface area is 337 Å². The molecule has 0 aliphatic rings. The van der Waals surface area contributed by atoms with Gasteiger partial charge in [0, 0.05) is 64.6 Å². The predicted octanol–water partition coefficient (Wildman–Crippen LogP) is 4.92. The standard InChI is InChI=1S/2C22H24N4O3/c2*1-23-22(29)19-12-17(20(27)10-6-7-15-13-24-26(2)14-15)11-18(25-19)21(28)16-8-4-3-5-9-16/h2*3-5,8-9,11-14,21,28H,6-7,10H2,1-2H3,(H,23,29)/t2*21-/m10/s1. The number of benzene rings is 2. The number of rotatable bonds is 16. The molecule has 0 aliphatic carbocycles. The highest BCUT2D eigenvalue weighted by molar-refractivity contribution is 6.00. The van der Waals surface area contributed by atoms with Gasteiger partial charge in [-0.05, 0) is 72.2 Å². The Balaban J connectivity index is 0.000000221. The average Bonchev–Trinajstić information content (AvgIpc) is 3.89. The van der Waals surface area contributed by atoms with E-state index in [9.17, 15) is 29.4 Å². The number of hydrogen-bond acceptors (Lipinski definition) is 10. The summed E-state index contributed by atoms with van der Waals surface area (Å²) in [6.07, 6.45) is 8.84. The number of aliphatic hydroxyl groups is 2. The number of nitrogens with one attached hydrogen (secondary N) is 2. The predicted molar refractivity (Wildman–Crippen MR) is 217 cm³/mol. The summed E-state index contributed by atoms with van der Waals surface area (Å²) in [5.74, 6) is -1.00. The van der Waals surface area contributed by atoms with Gasteiger partial charge in [0.2, 0.25) is 0 Å². The van der Waals surface area contributed by atoms with Crippen LogP contribution in [0, 0.1) is 0 Å². The molecule has 6 rings (SSSR count). The fourth-order valence-electron chi connectivity index (χ4n) is 6.20. The van der Waals surface area contributed by atoms with Crippen molar-refractivity contribution in [1.82, 2.24) is 40.2 Å². The summed E-state index contributed by atoms with van der Waals surface area (Å²) < 4.78 is 3.46. The van der Waals surface area contributed by atoms with Crippen LogP contribution < -0.4 is 10.6 Å². The van der Waals surface area contributed by atoms with Crippen LogP contribution >= 0.6 is 0 Å². The van der Waals surface area contributed by atoms with Crippen LogP contribution in [-0.4, -0.2) is 77.2 Å². The van der Waals surface area contributed by atoms with E-state index >= 15 is 0 Å². The first-order valence-electron chi connectivity index (χ1n) is 18.9. The van der Waals surface area contributed by atoms with Crippen molar-refractivity contribution < 1.29 is 29.4 Å². The van der Waals surface area contributed by atoms with Crippen LogP contribution in [0.15, 0.2) is 110 Å². The van der Waals surface area contributed by atoms with E-state index in [0.29, 0.717) is 47.9 Å². The number of Topliss-reactive ketones (excluding diaryl/α,β-unsaturated/α-hetero) is 2. The molecule has 0 aliphatic heterocycles. The van der Waals surface area contributed by atoms with Gasteiger partial charge in [0.15, 0.2) is 11.6 Å². The second-order valence-corrected chi connectivity index (χ2v) is 13.7. The second kappa shape index (κ2) is 20.5. The van der Waals surface area contributed by atoms with Crippen LogP contribution in [0.1, 0.15) is 113 Å². The minimum absolute atomic E-state index is 0.0945. The van der Waals surface area contributed by atoms with Crippen molar-refractivity contribution in [3.63, 3.8) is 0 Å². The Morgan fingerprint density at radius 1 is 0.603 bits per heavy atom. The zero-order valence-electron chi connectivity index (χ0n) is 33.0. The van der Waals surface area contributed by atoms with E-state index in [0.717, 1.165) is 24.0 Å². The first-order chi connectivity index (χ1) is 27.9. The summed E-state index contributed by atoms with van der Waals surface area (Å²) in [7, 11) is 6.70. The van der Waals surface area contributed by atoms with Crippen molar-refractivity contribution in [2.75, 3.05) is 14.1 Å². The third-order valence-electron chi connectivity index (χ3n) is 9.30. The molecule has 4 heterocycles. The van der Waals surface area contributed by atoms with Crippen LogP contribution in [-0.2, 0) is 26.9 Å². The molecule has 2 amide bonds. The molecule has 58 heavy (non-hydrogen) atoms. The molecule has 0 radical (unpaired) electrons. The quantitative estimate of drug-likeness (QED) is 0.0979. The number of nitrogens with zero attached hydrogens (tertiary/aromatic N) is 6. The SMILES string of the molecule is CNC(=O)c1cc(C(=O)CCCc2cnn(C)c2)cc([C@@H](O)c2ccccc2)n1.CNC(=O)c1cc(C(=O)CCCc2cnn(C)c2)cc([C@H](O)c2ccccc2)n1. The molecular formula is C44H48N8O6. The molecule has 14 nitrogen and oxygen atoms in total. The lowest BCUT2D eigenvalue weighted by Gasteiger charge is -2.13. The summed E-state index contributed by atoms with van der Waals surface area (Å²) in [5, 5.41) is 34.7.